The number of hydrogen-bond donors (Lipinski definition) is 1. The fourth-order valence-electron chi connectivity index (χ4n) is 3.91. The Morgan fingerprint density at radius 3 is 3.05 bits per heavy atom. The second-order valence-corrected chi connectivity index (χ2v) is 6.89. The number of aromatic amines is 1. The quantitative estimate of drug-likeness (QED) is 0.855. The van der Waals surface area contributed by atoms with E-state index in [0.717, 1.165) is 12.6 Å². The van der Waals surface area contributed by atoms with Gasteiger partial charge >= 0.3 is 0 Å². The number of nitrogens with zero attached hydrogens (tertiary/aromatic N) is 1. The minimum Gasteiger partial charge on any atom is -0.361 e. The molecule has 110 valence electrons. The zero-order chi connectivity index (χ0) is 14.4. The van der Waals surface area contributed by atoms with Crippen LogP contribution < -0.4 is 0 Å². The van der Waals surface area contributed by atoms with Crippen molar-refractivity contribution in [1.82, 2.24) is 9.88 Å². The van der Waals surface area contributed by atoms with Crippen LogP contribution in [0.4, 0.5) is 0 Å². The van der Waals surface area contributed by atoms with Gasteiger partial charge in [-0.25, -0.2) is 0 Å². The summed E-state index contributed by atoms with van der Waals surface area (Å²) in [6.45, 7) is 6.96. The Morgan fingerprint density at radius 2 is 2.19 bits per heavy atom. The van der Waals surface area contributed by atoms with Crippen molar-refractivity contribution < 1.29 is 0 Å². The van der Waals surface area contributed by atoms with E-state index >= 15 is 0 Å². The lowest BCUT2D eigenvalue weighted by molar-refractivity contribution is 0.275. The minimum atomic E-state index is 0.586. The summed E-state index contributed by atoms with van der Waals surface area (Å²) < 4.78 is 0. The van der Waals surface area contributed by atoms with E-state index in [0.29, 0.717) is 5.92 Å². The number of H-pyrrole nitrogens is 1. The van der Waals surface area contributed by atoms with Crippen molar-refractivity contribution in [3.63, 3.8) is 0 Å². The zero-order valence-electron chi connectivity index (χ0n) is 13.0. The number of fused-ring (bicyclic) bond motifs is 2. The number of hydrogen-bond acceptors (Lipinski definition) is 1. The number of rotatable bonds is 2. The van der Waals surface area contributed by atoms with E-state index in [2.05, 4.69) is 54.2 Å². The van der Waals surface area contributed by atoms with Gasteiger partial charge in [0.05, 0.1) is 0 Å². The zero-order valence-corrected chi connectivity index (χ0v) is 13.0. The Hall–Kier alpha value is -1.54. The van der Waals surface area contributed by atoms with Crippen molar-refractivity contribution in [2.45, 2.75) is 45.1 Å². The average Bonchev–Trinajstić information content (AvgIpc) is 3.12. The molecule has 21 heavy (non-hydrogen) atoms. The molecule has 1 unspecified atom stereocenters. The topological polar surface area (TPSA) is 19.0 Å². The molecule has 0 bridgehead atoms. The molecule has 0 amide bonds. The Bertz CT molecular complexity index is 693. The maximum absolute atomic E-state index is 3.46. The summed E-state index contributed by atoms with van der Waals surface area (Å²) in [6, 6.07) is 7.65. The molecule has 1 aromatic heterocycles. The van der Waals surface area contributed by atoms with Gasteiger partial charge in [-0.15, -0.1) is 0 Å². The molecule has 1 atom stereocenters. The number of nitrogens with one attached hydrogen (secondary N) is 1. The smallest absolute Gasteiger partial charge is 0.0460 e. The van der Waals surface area contributed by atoms with Gasteiger partial charge < -0.3 is 4.98 Å². The fourth-order valence-corrected chi connectivity index (χ4v) is 3.91. The fraction of sp³-hybridized carbons (Fsp3) is 0.474. The van der Waals surface area contributed by atoms with E-state index in [1.165, 1.54) is 47.8 Å². The monoisotopic (exact) mass is 280 g/mol. The molecule has 1 N–H and O–H groups in total. The molecule has 4 rings (SSSR count). The molecule has 1 aromatic carbocycles. The van der Waals surface area contributed by atoms with Gasteiger partial charge in [0.2, 0.25) is 0 Å². The lowest BCUT2D eigenvalue weighted by Gasteiger charge is -2.29. The van der Waals surface area contributed by atoms with Crippen molar-refractivity contribution in [2.24, 2.45) is 0 Å². The third kappa shape index (κ3) is 2.22. The highest BCUT2D eigenvalue weighted by molar-refractivity contribution is 5.93. The third-order valence-electron chi connectivity index (χ3n) is 5.25. The Morgan fingerprint density at radius 1 is 1.29 bits per heavy atom. The Labute approximate surface area is 126 Å². The molecule has 0 radical (unpaired) electrons. The van der Waals surface area contributed by atoms with Gasteiger partial charge in [-0.05, 0) is 55.0 Å². The summed E-state index contributed by atoms with van der Waals surface area (Å²) in [5, 5.41) is 1.40. The minimum absolute atomic E-state index is 0.586. The van der Waals surface area contributed by atoms with Crippen molar-refractivity contribution in [3.8, 4) is 0 Å². The predicted octanol–water partition coefficient (Wildman–Crippen LogP) is 4.54. The van der Waals surface area contributed by atoms with Gasteiger partial charge in [0, 0.05) is 35.2 Å². The highest BCUT2D eigenvalue weighted by Gasteiger charge is 2.28. The summed E-state index contributed by atoms with van der Waals surface area (Å²) in [6.07, 6.45) is 8.63. The molecule has 2 nitrogen and oxygen atoms in total. The largest absolute Gasteiger partial charge is 0.361 e. The van der Waals surface area contributed by atoms with Crippen LogP contribution in [-0.2, 0) is 0 Å². The average molecular weight is 280 g/mol. The van der Waals surface area contributed by atoms with E-state index in [-0.39, 0.29) is 0 Å². The normalized spacial score (nSPS) is 22.8. The van der Waals surface area contributed by atoms with Crippen LogP contribution in [0.5, 0.6) is 0 Å². The van der Waals surface area contributed by atoms with E-state index < -0.39 is 0 Å². The van der Waals surface area contributed by atoms with Crippen LogP contribution in [0.2, 0.25) is 0 Å². The van der Waals surface area contributed by atoms with Crippen LogP contribution in [0.3, 0.4) is 0 Å². The molecule has 0 saturated carbocycles. The summed E-state index contributed by atoms with van der Waals surface area (Å²) in [7, 11) is 0. The van der Waals surface area contributed by atoms with Crippen LogP contribution in [0, 0.1) is 0 Å². The first-order valence-corrected chi connectivity index (χ1v) is 8.27. The highest BCUT2D eigenvalue weighted by atomic mass is 15.2. The standard InChI is InChI=1S/C19H24N2/c1-13(2)14-5-6-19-17(11-14)18(12-20-19)15-7-9-21-8-3-4-16(21)10-15/h5-7,11-13,16,20H,3-4,8-10H2,1-2H3. The molecular weight excluding hydrogens is 256 g/mol. The van der Waals surface area contributed by atoms with Gasteiger partial charge in [-0.2, -0.15) is 0 Å². The first-order valence-electron chi connectivity index (χ1n) is 8.27. The number of benzene rings is 1. The lowest BCUT2D eigenvalue weighted by atomic mass is 9.92. The molecule has 3 heterocycles. The highest BCUT2D eigenvalue weighted by Crippen LogP contribution is 2.35. The van der Waals surface area contributed by atoms with Crippen LogP contribution in [0.1, 0.15) is 50.2 Å². The summed E-state index contributed by atoms with van der Waals surface area (Å²) in [4.78, 5) is 6.09. The Balaban J connectivity index is 1.74. The Kier molecular flexibility index (Phi) is 3.15. The van der Waals surface area contributed by atoms with Gasteiger partial charge in [-0.3, -0.25) is 4.90 Å². The van der Waals surface area contributed by atoms with E-state index in [1.807, 2.05) is 0 Å². The van der Waals surface area contributed by atoms with Crippen LogP contribution in [-0.4, -0.2) is 29.0 Å². The summed E-state index contributed by atoms with van der Waals surface area (Å²) in [5.74, 6) is 0.586. The SMILES string of the molecule is CC(C)c1ccc2[nH]cc(C3=CCN4CCCC4C3)c2c1. The van der Waals surface area contributed by atoms with Crippen LogP contribution >= 0.6 is 0 Å². The van der Waals surface area contributed by atoms with Crippen LogP contribution in [0.25, 0.3) is 16.5 Å². The van der Waals surface area contributed by atoms with E-state index in [9.17, 15) is 0 Å². The van der Waals surface area contributed by atoms with Gasteiger partial charge in [0.1, 0.15) is 0 Å². The van der Waals surface area contributed by atoms with Crippen molar-refractivity contribution >= 4 is 16.5 Å². The molecule has 2 aliphatic rings. The van der Waals surface area contributed by atoms with Crippen molar-refractivity contribution in [1.29, 1.82) is 0 Å². The molecule has 2 heteroatoms. The van der Waals surface area contributed by atoms with E-state index in [1.54, 1.807) is 5.57 Å². The summed E-state index contributed by atoms with van der Waals surface area (Å²) >= 11 is 0. The van der Waals surface area contributed by atoms with E-state index in [4.69, 9.17) is 0 Å². The molecule has 0 aliphatic carbocycles. The molecule has 1 fully saturated rings. The van der Waals surface area contributed by atoms with Crippen molar-refractivity contribution in [2.75, 3.05) is 13.1 Å². The van der Waals surface area contributed by atoms with Crippen molar-refractivity contribution in [3.05, 3.63) is 41.6 Å². The van der Waals surface area contributed by atoms with Crippen LogP contribution in [0.15, 0.2) is 30.5 Å². The second-order valence-electron chi connectivity index (χ2n) is 6.89. The molecule has 1 saturated heterocycles. The maximum atomic E-state index is 3.46. The second kappa shape index (κ2) is 5.03. The molecular formula is C19H24N2. The first kappa shape index (κ1) is 13.1. The van der Waals surface area contributed by atoms with Gasteiger partial charge in [-0.1, -0.05) is 26.0 Å². The summed E-state index contributed by atoms with van der Waals surface area (Å²) in [5.41, 5.74) is 5.68. The molecule has 0 spiro atoms. The van der Waals surface area contributed by atoms with Gasteiger partial charge in [0.15, 0.2) is 0 Å². The number of aromatic nitrogens is 1. The molecule has 2 aliphatic heterocycles. The predicted molar refractivity (Wildman–Crippen MR) is 89.6 cm³/mol. The van der Waals surface area contributed by atoms with Gasteiger partial charge in [0.25, 0.3) is 0 Å². The first-order chi connectivity index (χ1) is 10.2. The lowest BCUT2D eigenvalue weighted by Crippen LogP contribution is -2.32. The maximum Gasteiger partial charge on any atom is 0.0460 e. The molecule has 2 aromatic rings. The third-order valence-corrected chi connectivity index (χ3v) is 5.25.